The van der Waals surface area contributed by atoms with Gasteiger partial charge in [0.25, 0.3) is 0 Å². The molecule has 10 unspecified atom stereocenters. The summed E-state index contributed by atoms with van der Waals surface area (Å²) in [4.78, 5) is 126. The number of carboxylic acids is 1. The number of nitrogens with one attached hydrogen (secondary N) is 8. The highest BCUT2D eigenvalue weighted by Crippen LogP contribution is 2.49. The third-order valence-corrected chi connectivity index (χ3v) is 17.0. The van der Waals surface area contributed by atoms with Gasteiger partial charge in [0.05, 0.1) is 34.1 Å². The van der Waals surface area contributed by atoms with Gasteiger partial charge in [-0.05, 0) is 93.5 Å². The Morgan fingerprint density at radius 1 is 0.828 bits per heavy atom. The number of allylic oxidation sites excluding steroid dienone is 3. The standard InChI is InChI=1S/C60H70N12O13S2/c1-28-50(75)65-42-23-39-35-11-9-10-12-41(35)68-56(39)87-26-44(57(81)72-25-34(74)22-45(72)54(79)63-28)67-55(80)49(30(3)73)69-51(76)29(2)62-53(78)43(66-52(42)77)24-60(4,84)27-61-59(86)64-31-13-16-36(40(19-31)58(82)83)48-37-17-14-32(70(5)6)20-46(37)85-47-21-33(71(7)8)15-18-38(47)48/h9-21,28-30,34,42-45,49,68,73-74,84H,22-27H2,1-8H3,(H,61,86)(H,62,78)(H,63,79)(H,65,75)(H,66,77)(H,67,80)(H,69,76)(H,82,83)/b64-31+. The van der Waals surface area contributed by atoms with Crippen LogP contribution >= 0.6 is 24.0 Å². The number of aliphatic carboxylic acids is 1. The van der Waals surface area contributed by atoms with Crippen molar-refractivity contribution in [1.29, 1.82) is 0 Å². The molecule has 0 saturated carbocycles. The number of benzene rings is 3. The average Bonchev–Trinajstić information content (AvgIpc) is 1.44. The number of aromatic nitrogens is 1. The van der Waals surface area contributed by atoms with Crippen LogP contribution in [0, 0.1) is 0 Å². The van der Waals surface area contributed by atoms with Gasteiger partial charge >= 0.3 is 5.97 Å². The van der Waals surface area contributed by atoms with Crippen LogP contribution in [0.1, 0.15) is 57.2 Å². The molecule has 1 fully saturated rings. The second-order valence-electron chi connectivity index (χ2n) is 22.9. The predicted molar refractivity (Wildman–Crippen MR) is 329 cm³/mol. The molecule has 5 aliphatic rings. The molecule has 0 radical (unpaired) electrons. The van der Waals surface area contributed by atoms with E-state index in [0.29, 0.717) is 55.3 Å². The van der Waals surface area contributed by atoms with Gasteiger partial charge < -0.3 is 82.1 Å². The fraction of sp³-hybridized carbons (Fsp3) is 0.400. The van der Waals surface area contributed by atoms with E-state index in [0.717, 1.165) is 28.0 Å². The van der Waals surface area contributed by atoms with Gasteiger partial charge in [0.1, 0.15) is 53.8 Å². The summed E-state index contributed by atoms with van der Waals surface area (Å²) in [7, 11) is 7.60. The molecule has 9 rings (SSSR count). The summed E-state index contributed by atoms with van der Waals surface area (Å²) in [5, 5.41) is 63.9. The number of thioether (sulfide) groups is 1. The number of carboxylic acid groups (broad SMARTS) is 1. The number of hydrogen-bond donors (Lipinski definition) is 12. The number of para-hydroxylation sites is 1. The van der Waals surface area contributed by atoms with E-state index < -0.39 is 120 Å². The number of ether oxygens (including phenoxy) is 1. The Balaban J connectivity index is 1.02. The third kappa shape index (κ3) is 14.0. The minimum absolute atomic E-state index is 0.0992. The molecule has 4 aliphatic heterocycles. The number of aromatic amines is 1. The van der Waals surface area contributed by atoms with E-state index in [-0.39, 0.29) is 41.5 Å². The van der Waals surface area contributed by atoms with Crippen molar-refractivity contribution in [1.82, 2.24) is 47.1 Å². The van der Waals surface area contributed by atoms with Crippen LogP contribution in [0.2, 0.25) is 0 Å². The number of rotatable bonds is 8. The zero-order valence-corrected chi connectivity index (χ0v) is 50.6. The number of nitrogens with zero attached hydrogens (tertiary/aromatic N) is 4. The maximum atomic E-state index is 15.0. The van der Waals surface area contributed by atoms with Gasteiger partial charge in [0, 0.05) is 117 Å². The minimum Gasteiger partial charge on any atom is -0.478 e. The molecule has 12 N–H and O–H groups in total. The molecule has 1 saturated heterocycles. The Hall–Kier alpha value is -8.63. The minimum atomic E-state index is -1.96. The summed E-state index contributed by atoms with van der Waals surface area (Å²) in [6, 6.07) is 7.91. The van der Waals surface area contributed by atoms with Crippen LogP contribution in [-0.2, 0) is 44.8 Å². The SMILES string of the molecule is CC1NC(=O)C(CC(C)(O)CNC(=S)/N=C2\C=CC(=C3c4ccc(N(C)C)cc4Oc4cc(N(C)C)ccc43)C(C(=O)O)=C2)NC(=O)C2Cc3c([nH]c4ccccc34)SCC(NC(=O)C(C(C)O)NC1=O)C(=O)N1CC(O)CC1C(=O)NC(C)C(=O)N2. The molecule has 27 heteroatoms. The van der Waals surface area contributed by atoms with E-state index in [2.05, 4.69) is 47.2 Å². The molecular weight excluding hydrogens is 1160 g/mol. The summed E-state index contributed by atoms with van der Waals surface area (Å²) < 4.78 is 6.45. The second kappa shape index (κ2) is 25.8. The number of aliphatic hydroxyl groups is 3. The van der Waals surface area contributed by atoms with Gasteiger partial charge in [0.2, 0.25) is 41.4 Å². The normalized spacial score (nSPS) is 25.3. The van der Waals surface area contributed by atoms with Crippen LogP contribution in [0.25, 0.3) is 16.5 Å². The number of carbonyl (C=O) groups excluding carboxylic acids is 7. The summed E-state index contributed by atoms with van der Waals surface area (Å²) in [5.41, 5.74) is 3.22. The Bertz CT molecular complexity index is 3550. The van der Waals surface area contributed by atoms with Gasteiger partial charge in [-0.3, -0.25) is 33.6 Å². The molecule has 4 aromatic rings. The maximum Gasteiger partial charge on any atom is 0.336 e. The monoisotopic (exact) mass is 1230 g/mol. The molecule has 7 amide bonds. The second-order valence-corrected chi connectivity index (χ2v) is 24.3. The Morgan fingerprint density at radius 3 is 2.08 bits per heavy atom. The first-order chi connectivity index (χ1) is 41.2. The molecule has 2 bridgehead atoms. The van der Waals surface area contributed by atoms with Crippen LogP contribution < -0.4 is 51.8 Å². The van der Waals surface area contributed by atoms with E-state index in [1.807, 2.05) is 74.4 Å². The Kier molecular flexibility index (Phi) is 18.6. The van der Waals surface area contributed by atoms with Gasteiger partial charge in [-0.2, -0.15) is 0 Å². The fourth-order valence-electron chi connectivity index (χ4n) is 10.9. The fourth-order valence-corrected chi connectivity index (χ4v) is 12.2. The van der Waals surface area contributed by atoms with E-state index in [1.165, 1.54) is 33.8 Å². The molecule has 1 aliphatic carbocycles. The summed E-state index contributed by atoms with van der Waals surface area (Å²) in [6.07, 6.45) is 0.804. The highest BCUT2D eigenvalue weighted by atomic mass is 32.2. The number of aliphatic hydroxyl groups excluding tert-OH is 2. The highest BCUT2D eigenvalue weighted by molar-refractivity contribution is 7.99. The Morgan fingerprint density at radius 2 is 1.45 bits per heavy atom. The highest BCUT2D eigenvalue weighted by Gasteiger charge is 2.44. The number of H-pyrrole nitrogens is 1. The van der Waals surface area contributed by atoms with Crippen molar-refractivity contribution in [2.24, 2.45) is 4.99 Å². The topological polar surface area (TPSA) is 349 Å². The van der Waals surface area contributed by atoms with Gasteiger partial charge in [-0.25, -0.2) is 9.79 Å². The lowest BCUT2D eigenvalue weighted by atomic mass is 9.84. The van der Waals surface area contributed by atoms with Gasteiger partial charge in [-0.15, -0.1) is 11.8 Å². The number of amides is 7. The average molecular weight is 1230 g/mol. The zero-order valence-electron chi connectivity index (χ0n) is 49.0. The van der Waals surface area contributed by atoms with Gasteiger partial charge in [0.15, 0.2) is 5.11 Å². The van der Waals surface area contributed by atoms with Crippen LogP contribution in [-0.4, -0.2) is 196 Å². The van der Waals surface area contributed by atoms with Crippen molar-refractivity contribution in [3.63, 3.8) is 0 Å². The number of hydrogen-bond acceptors (Lipinski definition) is 16. The van der Waals surface area contributed by atoms with Crippen LogP contribution in [0.3, 0.4) is 0 Å². The van der Waals surface area contributed by atoms with Crippen molar-refractivity contribution >= 4 is 110 Å². The lowest BCUT2D eigenvalue weighted by Gasteiger charge is -2.31. The number of carbonyl (C=O) groups is 8. The lowest BCUT2D eigenvalue weighted by molar-refractivity contribution is -0.142. The quantitative estimate of drug-likeness (QED) is 0.0960. The van der Waals surface area contributed by atoms with Crippen LogP contribution in [0.5, 0.6) is 11.5 Å². The van der Waals surface area contributed by atoms with Crippen molar-refractivity contribution in [2.75, 3.05) is 56.8 Å². The first kappa shape index (κ1) is 62.9. The molecule has 10 atom stereocenters. The van der Waals surface area contributed by atoms with Gasteiger partial charge in [-0.1, -0.05) is 24.3 Å². The van der Waals surface area contributed by atoms with E-state index in [4.69, 9.17) is 17.0 Å². The molecule has 87 heavy (non-hydrogen) atoms. The molecule has 0 spiro atoms. The maximum absolute atomic E-state index is 15.0. The van der Waals surface area contributed by atoms with Crippen molar-refractivity contribution < 1.29 is 63.5 Å². The number of aliphatic imine (C=N–C) groups is 1. The molecular formula is C60H70N12O13S2. The third-order valence-electron chi connectivity index (χ3n) is 15.6. The predicted octanol–water partition coefficient (Wildman–Crippen LogP) is 0.898. The van der Waals surface area contributed by atoms with Crippen molar-refractivity contribution in [3.05, 3.63) is 107 Å². The molecule has 3 aromatic carbocycles. The smallest absolute Gasteiger partial charge is 0.336 e. The van der Waals surface area contributed by atoms with Crippen molar-refractivity contribution in [3.8, 4) is 11.5 Å². The largest absolute Gasteiger partial charge is 0.478 e. The summed E-state index contributed by atoms with van der Waals surface area (Å²) >= 11 is 6.68. The first-order valence-electron chi connectivity index (χ1n) is 28.2. The van der Waals surface area contributed by atoms with Crippen molar-refractivity contribution in [2.45, 2.75) is 112 Å². The first-order valence-corrected chi connectivity index (χ1v) is 29.6. The van der Waals surface area contributed by atoms with Crippen LogP contribution in [0.15, 0.2) is 100 Å². The summed E-state index contributed by atoms with van der Waals surface area (Å²) in [5.74, 6) is -6.77. The lowest BCUT2D eigenvalue weighted by Crippen LogP contribution is -2.62. The number of fused-ring (bicyclic) bond motifs is 7. The van der Waals surface area contributed by atoms with E-state index >= 15 is 0 Å². The Labute approximate surface area is 510 Å². The molecule has 5 heterocycles. The van der Waals surface area contributed by atoms with E-state index in [9.17, 15) is 58.8 Å². The molecule has 460 valence electrons. The zero-order chi connectivity index (χ0) is 62.9. The van der Waals surface area contributed by atoms with E-state index in [1.54, 1.807) is 36.4 Å². The molecule has 25 nitrogen and oxygen atoms in total. The number of thiocarbonyl (C=S) groups is 1. The van der Waals surface area contributed by atoms with Crippen LogP contribution in [0.4, 0.5) is 11.4 Å². The number of anilines is 2. The molecule has 1 aromatic heterocycles. The summed E-state index contributed by atoms with van der Waals surface area (Å²) in [6.45, 7) is 4.47.